The number of esters is 2. The summed E-state index contributed by atoms with van der Waals surface area (Å²) < 4.78 is 21.9. The number of fused-ring (bicyclic) bond motifs is 4. The van der Waals surface area contributed by atoms with Crippen LogP contribution in [0.15, 0.2) is 59.9 Å². The summed E-state index contributed by atoms with van der Waals surface area (Å²) in [6.45, 7) is 11.7. The van der Waals surface area contributed by atoms with E-state index < -0.39 is 35.3 Å². The largest absolute Gasteiger partial charge is 0.464 e. The number of carbonyl (C=O) groups excluding carboxylic acids is 4. The molecule has 1 aliphatic rings. The summed E-state index contributed by atoms with van der Waals surface area (Å²) in [6, 6.07) is 16.2. The van der Waals surface area contributed by atoms with Gasteiger partial charge >= 0.3 is 24.1 Å². The topological polar surface area (TPSA) is 112 Å². The molecular weight excluding hydrogens is 757 g/mol. The van der Waals surface area contributed by atoms with Crippen LogP contribution in [0.1, 0.15) is 167 Å². The maximum atomic E-state index is 13.5. The molecule has 4 bridgehead atoms. The van der Waals surface area contributed by atoms with Gasteiger partial charge in [-0.25, -0.2) is 19.2 Å². The van der Waals surface area contributed by atoms with Crippen LogP contribution in [0.2, 0.25) is 0 Å². The second-order valence-electron chi connectivity index (χ2n) is 18.0. The number of methoxy groups -OCH3 is 2. The van der Waals surface area contributed by atoms with Crippen molar-refractivity contribution in [2.45, 2.75) is 168 Å². The predicted molar refractivity (Wildman–Crippen MR) is 240 cm³/mol. The van der Waals surface area contributed by atoms with Gasteiger partial charge in [-0.3, -0.25) is 9.80 Å². The second kappa shape index (κ2) is 25.9. The third kappa shape index (κ3) is 19.2. The fourth-order valence-corrected chi connectivity index (χ4v) is 7.27. The number of rotatable bonds is 2. The van der Waals surface area contributed by atoms with Gasteiger partial charge in [-0.05, 0) is 114 Å². The second-order valence-corrected chi connectivity index (χ2v) is 18.0. The highest BCUT2D eigenvalue weighted by molar-refractivity contribution is 5.97. The smallest absolute Gasteiger partial charge is 0.415 e. The van der Waals surface area contributed by atoms with Crippen molar-refractivity contribution in [3.8, 4) is 0 Å². The molecule has 0 aromatic heterocycles. The molecule has 3 rings (SSSR count). The maximum Gasteiger partial charge on any atom is 0.415 e. The van der Waals surface area contributed by atoms with Crippen molar-refractivity contribution < 1.29 is 38.1 Å². The normalized spacial score (nSPS) is 17.1. The molecule has 1 aliphatic heterocycles. The van der Waals surface area contributed by atoms with Gasteiger partial charge in [0.2, 0.25) is 0 Å². The minimum absolute atomic E-state index is 0.179. The summed E-state index contributed by atoms with van der Waals surface area (Å²) >= 11 is 0. The first-order chi connectivity index (χ1) is 28.6. The van der Waals surface area contributed by atoms with Crippen molar-refractivity contribution in [2.24, 2.45) is 0 Å². The quantitative estimate of drug-likeness (QED) is 0.217. The molecule has 2 amide bonds. The molecule has 10 nitrogen and oxygen atoms in total. The number of amides is 2. The van der Waals surface area contributed by atoms with Crippen LogP contribution in [0.3, 0.4) is 0 Å². The molecule has 0 spiro atoms. The Morgan fingerprint density at radius 1 is 0.467 bits per heavy atom. The van der Waals surface area contributed by atoms with E-state index in [0.717, 1.165) is 127 Å². The van der Waals surface area contributed by atoms with E-state index in [-0.39, 0.29) is 11.4 Å². The lowest BCUT2D eigenvalue weighted by atomic mass is 10.0. The molecule has 1 heterocycles. The van der Waals surface area contributed by atoms with E-state index >= 15 is 0 Å². The zero-order chi connectivity index (χ0) is 44.0. The van der Waals surface area contributed by atoms with E-state index in [1.807, 2.05) is 65.8 Å². The Balaban J connectivity index is 1.79. The highest BCUT2D eigenvalue weighted by Crippen LogP contribution is 2.23. The average Bonchev–Trinajstić information content (AvgIpc) is 3.18. The van der Waals surface area contributed by atoms with Gasteiger partial charge < -0.3 is 18.9 Å². The molecule has 0 saturated carbocycles. The number of hydrogen-bond acceptors (Lipinski definition) is 8. The molecule has 2 aromatic rings. The van der Waals surface area contributed by atoms with E-state index in [1.54, 1.807) is 12.2 Å². The predicted octanol–water partition coefficient (Wildman–Crippen LogP) is 12.2. The Morgan fingerprint density at radius 2 is 0.783 bits per heavy atom. The van der Waals surface area contributed by atoms with Crippen molar-refractivity contribution >= 4 is 36.3 Å². The fourth-order valence-electron chi connectivity index (χ4n) is 7.27. The SMILES string of the molecule is COC(=O)C1=Cc2cccc(c2)CCCCCCCCCCN(C(=O)OC(C)(C)C)C(C(=O)OC)=Cc2cccc(c2)CCCCCCCCCCN1C(=O)OC(C)(C)C. The van der Waals surface area contributed by atoms with E-state index in [2.05, 4.69) is 24.3 Å². The van der Waals surface area contributed by atoms with Crippen molar-refractivity contribution in [1.29, 1.82) is 0 Å². The third-order valence-corrected chi connectivity index (χ3v) is 10.3. The molecule has 0 atom stereocenters. The number of benzene rings is 2. The fraction of sp³-hybridized carbons (Fsp3) is 0.600. The van der Waals surface area contributed by atoms with Gasteiger partial charge in [-0.15, -0.1) is 0 Å². The van der Waals surface area contributed by atoms with Crippen LogP contribution < -0.4 is 0 Å². The molecule has 0 fully saturated rings. The Kier molecular flexibility index (Phi) is 21.5. The van der Waals surface area contributed by atoms with Crippen LogP contribution in [0.25, 0.3) is 12.2 Å². The number of carbonyl (C=O) groups is 4. The summed E-state index contributed by atoms with van der Waals surface area (Å²) in [5.74, 6) is -1.14. The molecule has 0 radical (unpaired) electrons. The summed E-state index contributed by atoms with van der Waals surface area (Å²) in [4.78, 5) is 56.4. The van der Waals surface area contributed by atoms with E-state index in [1.165, 1.54) is 35.1 Å². The van der Waals surface area contributed by atoms with Crippen molar-refractivity contribution in [1.82, 2.24) is 9.80 Å². The van der Waals surface area contributed by atoms with Gasteiger partial charge in [-0.2, -0.15) is 0 Å². The standard InChI is InChI=1S/C50H74N2O8/c1-49(2,3)59-47(55)51-33-23-19-15-11-9-13-17-22-28-40-30-26-32-42(36-40)38-44(46(54)58-8)52(48(56)60-50(4,5)6)34-24-20-16-12-10-14-18-21-27-39-29-25-31-41(35-39)37-43(51)45(53)57-7/h25-26,29-32,35-38H,9-24,27-28,33-34H2,1-8H3. The van der Waals surface area contributed by atoms with Crippen LogP contribution in [0.4, 0.5) is 9.59 Å². The molecule has 2 aromatic carbocycles. The minimum Gasteiger partial charge on any atom is -0.464 e. The van der Waals surface area contributed by atoms with Gasteiger partial charge in [0.15, 0.2) is 0 Å². The molecular formula is C50H74N2O8. The van der Waals surface area contributed by atoms with Crippen molar-refractivity contribution in [3.63, 3.8) is 0 Å². The summed E-state index contributed by atoms with van der Waals surface area (Å²) in [5.41, 5.74) is 2.93. The Hall–Kier alpha value is -4.60. The average molecular weight is 831 g/mol. The van der Waals surface area contributed by atoms with E-state index in [9.17, 15) is 19.2 Å². The van der Waals surface area contributed by atoms with Crippen molar-refractivity contribution in [2.75, 3.05) is 27.3 Å². The Morgan fingerprint density at radius 3 is 1.10 bits per heavy atom. The van der Waals surface area contributed by atoms with Gasteiger partial charge in [0, 0.05) is 13.1 Å². The van der Waals surface area contributed by atoms with Crippen LogP contribution in [-0.4, -0.2) is 72.4 Å². The molecule has 0 unspecified atom stereocenters. The first kappa shape index (κ1) is 49.8. The molecule has 332 valence electrons. The van der Waals surface area contributed by atoms with Crippen molar-refractivity contribution in [3.05, 3.63) is 82.2 Å². The molecule has 0 N–H and O–H groups in total. The highest BCUT2D eigenvalue weighted by atomic mass is 16.6. The summed E-state index contributed by atoms with van der Waals surface area (Å²) in [7, 11) is 2.68. The highest BCUT2D eigenvalue weighted by Gasteiger charge is 2.30. The van der Waals surface area contributed by atoms with Crippen LogP contribution in [0, 0.1) is 0 Å². The lowest BCUT2D eigenvalue weighted by Gasteiger charge is -2.28. The van der Waals surface area contributed by atoms with E-state index in [4.69, 9.17) is 18.9 Å². The van der Waals surface area contributed by atoms with Gasteiger partial charge in [-0.1, -0.05) is 126 Å². The summed E-state index contributed by atoms with van der Waals surface area (Å²) in [5, 5.41) is 0. The Bertz CT molecular complexity index is 1590. The van der Waals surface area contributed by atoms with E-state index in [0.29, 0.717) is 13.1 Å². The van der Waals surface area contributed by atoms with Gasteiger partial charge in [0.1, 0.15) is 22.6 Å². The number of nitrogens with zero attached hydrogens (tertiary/aromatic N) is 2. The molecule has 10 heteroatoms. The number of hydrogen-bond donors (Lipinski definition) is 0. The van der Waals surface area contributed by atoms with Crippen LogP contribution in [0.5, 0.6) is 0 Å². The maximum absolute atomic E-state index is 13.5. The minimum atomic E-state index is -0.719. The lowest BCUT2D eigenvalue weighted by Crippen LogP contribution is -2.39. The van der Waals surface area contributed by atoms with Crippen LogP contribution in [-0.2, 0) is 41.4 Å². The lowest BCUT2D eigenvalue weighted by molar-refractivity contribution is -0.138. The summed E-state index contributed by atoms with van der Waals surface area (Å²) in [6.07, 6.45) is 20.5. The Labute approximate surface area is 361 Å². The first-order valence-corrected chi connectivity index (χ1v) is 22.4. The zero-order valence-corrected chi connectivity index (χ0v) is 38.1. The number of aryl methyl sites for hydroxylation is 2. The van der Waals surface area contributed by atoms with Gasteiger partial charge in [0.05, 0.1) is 14.2 Å². The molecule has 60 heavy (non-hydrogen) atoms. The third-order valence-electron chi connectivity index (χ3n) is 10.3. The first-order valence-electron chi connectivity index (χ1n) is 22.4. The van der Waals surface area contributed by atoms with Crippen LogP contribution >= 0.6 is 0 Å². The monoisotopic (exact) mass is 831 g/mol. The zero-order valence-electron chi connectivity index (χ0n) is 38.1. The number of ether oxygens (including phenoxy) is 4. The molecule has 0 saturated heterocycles. The molecule has 0 aliphatic carbocycles. The van der Waals surface area contributed by atoms with Gasteiger partial charge in [0.25, 0.3) is 0 Å².